The topological polar surface area (TPSA) is 15.3 Å². The second kappa shape index (κ2) is 4.42. The Hall–Kier alpha value is -0.0800. The number of piperidine rings is 1. The van der Waals surface area contributed by atoms with Crippen LogP contribution in [-0.2, 0) is 0 Å². The molecule has 2 saturated heterocycles. The number of nitrogens with zero attached hydrogens (tertiary/aromatic N) is 1. The highest BCUT2D eigenvalue weighted by Gasteiger charge is 2.32. The Kier molecular flexibility index (Phi) is 3.36. The van der Waals surface area contributed by atoms with Crippen LogP contribution in [0.3, 0.4) is 0 Å². The van der Waals surface area contributed by atoms with E-state index in [1.54, 1.807) is 0 Å². The second-order valence-electron chi connectivity index (χ2n) is 6.23. The molecule has 0 radical (unpaired) electrons. The Labute approximate surface area is 94.4 Å². The Morgan fingerprint density at radius 1 is 1.27 bits per heavy atom. The number of hydrogen-bond donors (Lipinski definition) is 1. The van der Waals surface area contributed by atoms with Gasteiger partial charge in [-0.1, -0.05) is 13.8 Å². The third kappa shape index (κ3) is 2.94. The molecule has 2 heterocycles. The van der Waals surface area contributed by atoms with Gasteiger partial charge in [-0.25, -0.2) is 0 Å². The van der Waals surface area contributed by atoms with Crippen molar-refractivity contribution in [2.24, 2.45) is 11.8 Å². The van der Waals surface area contributed by atoms with Crippen molar-refractivity contribution in [1.29, 1.82) is 0 Å². The maximum Gasteiger partial charge on any atom is 0.0280 e. The van der Waals surface area contributed by atoms with Crippen molar-refractivity contribution in [2.45, 2.75) is 45.6 Å². The molecule has 3 atom stereocenters. The van der Waals surface area contributed by atoms with Crippen LogP contribution in [-0.4, -0.2) is 36.6 Å². The normalized spacial score (nSPS) is 43.4. The summed E-state index contributed by atoms with van der Waals surface area (Å²) in [6, 6.07) is 0. The first-order chi connectivity index (χ1) is 7.07. The predicted molar refractivity (Wildman–Crippen MR) is 65.0 cm³/mol. The molecule has 15 heavy (non-hydrogen) atoms. The molecule has 2 nitrogen and oxygen atoms in total. The van der Waals surface area contributed by atoms with Crippen molar-refractivity contribution < 1.29 is 0 Å². The van der Waals surface area contributed by atoms with E-state index in [1.807, 2.05) is 0 Å². The summed E-state index contributed by atoms with van der Waals surface area (Å²) in [6.07, 6.45) is 4.13. The van der Waals surface area contributed by atoms with E-state index in [4.69, 9.17) is 0 Å². The van der Waals surface area contributed by atoms with Crippen LogP contribution in [0, 0.1) is 11.8 Å². The number of rotatable bonds is 2. The fraction of sp³-hybridized carbons (Fsp3) is 1.00. The van der Waals surface area contributed by atoms with E-state index in [1.165, 1.54) is 45.4 Å². The first-order valence-electron chi connectivity index (χ1n) is 6.55. The molecule has 1 N–H and O–H groups in total. The third-order valence-electron chi connectivity index (χ3n) is 3.97. The molecule has 0 aromatic carbocycles. The van der Waals surface area contributed by atoms with E-state index in [9.17, 15) is 0 Å². The highest BCUT2D eigenvalue weighted by Crippen LogP contribution is 2.25. The van der Waals surface area contributed by atoms with E-state index < -0.39 is 0 Å². The lowest BCUT2D eigenvalue weighted by Gasteiger charge is -2.39. The van der Waals surface area contributed by atoms with Crippen molar-refractivity contribution in [2.75, 3.05) is 26.2 Å². The fourth-order valence-corrected chi connectivity index (χ4v) is 3.51. The summed E-state index contributed by atoms with van der Waals surface area (Å²) in [5.74, 6) is 1.78. The molecule has 2 aliphatic rings. The molecule has 0 amide bonds. The predicted octanol–water partition coefficient (Wildman–Crippen LogP) is 2.11. The molecule has 2 aliphatic heterocycles. The molecule has 0 spiro atoms. The molecule has 0 aliphatic carbocycles. The lowest BCUT2D eigenvalue weighted by molar-refractivity contribution is 0.111. The van der Waals surface area contributed by atoms with Gasteiger partial charge in [0.15, 0.2) is 0 Å². The lowest BCUT2D eigenvalue weighted by Crippen LogP contribution is -2.51. The minimum absolute atomic E-state index is 0.400. The Bertz CT molecular complexity index is 199. The van der Waals surface area contributed by atoms with Crippen LogP contribution >= 0.6 is 0 Å². The van der Waals surface area contributed by atoms with Crippen LogP contribution in [0.25, 0.3) is 0 Å². The van der Waals surface area contributed by atoms with Gasteiger partial charge in [0.2, 0.25) is 0 Å². The summed E-state index contributed by atoms with van der Waals surface area (Å²) >= 11 is 0. The minimum atomic E-state index is 0.400. The summed E-state index contributed by atoms with van der Waals surface area (Å²) in [4.78, 5) is 2.68. The smallest absolute Gasteiger partial charge is 0.0280 e. The molecular formula is C13H26N2. The van der Waals surface area contributed by atoms with Gasteiger partial charge in [0.25, 0.3) is 0 Å². The fourth-order valence-electron chi connectivity index (χ4n) is 3.51. The third-order valence-corrected chi connectivity index (χ3v) is 3.97. The van der Waals surface area contributed by atoms with Crippen LogP contribution in [0.1, 0.15) is 40.0 Å². The quantitative estimate of drug-likeness (QED) is 0.751. The molecule has 88 valence electrons. The largest absolute Gasteiger partial charge is 0.310 e. The van der Waals surface area contributed by atoms with Crippen LogP contribution < -0.4 is 5.32 Å². The van der Waals surface area contributed by atoms with Crippen molar-refractivity contribution in [3.05, 3.63) is 0 Å². The van der Waals surface area contributed by atoms with Crippen LogP contribution in [0.15, 0.2) is 0 Å². The monoisotopic (exact) mass is 210 g/mol. The molecule has 2 heteroatoms. The summed E-state index contributed by atoms with van der Waals surface area (Å²) in [5.41, 5.74) is 0.400. The molecule has 3 unspecified atom stereocenters. The summed E-state index contributed by atoms with van der Waals surface area (Å²) in [5, 5.41) is 3.67. The Morgan fingerprint density at radius 2 is 1.93 bits per heavy atom. The van der Waals surface area contributed by atoms with Crippen molar-refractivity contribution in [3.8, 4) is 0 Å². The highest BCUT2D eigenvalue weighted by molar-refractivity contribution is 4.92. The molecule has 0 aromatic rings. The average molecular weight is 210 g/mol. The molecule has 0 bridgehead atoms. The van der Waals surface area contributed by atoms with Gasteiger partial charge in [-0.2, -0.15) is 0 Å². The standard InChI is InChI=1S/C13H26N2/c1-11-7-12(2)9-15(8-11)10-13(3)5-4-6-14-13/h11-12,14H,4-10H2,1-3H3. The van der Waals surface area contributed by atoms with Gasteiger partial charge in [-0.05, 0) is 44.6 Å². The van der Waals surface area contributed by atoms with Gasteiger partial charge in [0.1, 0.15) is 0 Å². The van der Waals surface area contributed by atoms with Gasteiger partial charge < -0.3 is 10.2 Å². The zero-order chi connectivity index (χ0) is 10.9. The van der Waals surface area contributed by atoms with Gasteiger partial charge in [-0.15, -0.1) is 0 Å². The summed E-state index contributed by atoms with van der Waals surface area (Å²) in [7, 11) is 0. The molecule has 2 fully saturated rings. The number of nitrogens with one attached hydrogen (secondary N) is 1. The average Bonchev–Trinajstić information content (AvgIpc) is 2.49. The summed E-state index contributed by atoms with van der Waals surface area (Å²) in [6.45, 7) is 12.3. The minimum Gasteiger partial charge on any atom is -0.310 e. The van der Waals surface area contributed by atoms with E-state index in [-0.39, 0.29) is 0 Å². The van der Waals surface area contributed by atoms with Crippen LogP contribution in [0.5, 0.6) is 0 Å². The van der Waals surface area contributed by atoms with E-state index in [0.717, 1.165) is 11.8 Å². The molecule has 0 saturated carbocycles. The molecular weight excluding hydrogens is 184 g/mol. The van der Waals surface area contributed by atoms with Gasteiger partial charge >= 0.3 is 0 Å². The first-order valence-corrected chi connectivity index (χ1v) is 6.55. The molecule has 2 rings (SSSR count). The SMILES string of the molecule is CC1CC(C)CN(CC2(C)CCCN2)C1. The maximum atomic E-state index is 3.67. The molecule has 0 aromatic heterocycles. The highest BCUT2D eigenvalue weighted by atomic mass is 15.2. The Morgan fingerprint density at radius 3 is 2.47 bits per heavy atom. The maximum absolute atomic E-state index is 3.67. The van der Waals surface area contributed by atoms with Gasteiger partial charge in [0, 0.05) is 25.2 Å². The van der Waals surface area contributed by atoms with E-state index >= 15 is 0 Å². The van der Waals surface area contributed by atoms with Crippen molar-refractivity contribution >= 4 is 0 Å². The zero-order valence-electron chi connectivity index (χ0n) is 10.6. The van der Waals surface area contributed by atoms with E-state index in [2.05, 4.69) is 31.0 Å². The van der Waals surface area contributed by atoms with Crippen LogP contribution in [0.4, 0.5) is 0 Å². The number of likely N-dealkylation sites (tertiary alicyclic amines) is 1. The van der Waals surface area contributed by atoms with Crippen molar-refractivity contribution in [1.82, 2.24) is 10.2 Å². The zero-order valence-corrected chi connectivity index (χ0v) is 10.6. The Balaban J connectivity index is 1.87. The first kappa shape index (κ1) is 11.4. The summed E-state index contributed by atoms with van der Waals surface area (Å²) < 4.78 is 0. The van der Waals surface area contributed by atoms with E-state index in [0.29, 0.717) is 5.54 Å². The van der Waals surface area contributed by atoms with Crippen molar-refractivity contribution in [3.63, 3.8) is 0 Å². The number of hydrogen-bond acceptors (Lipinski definition) is 2. The van der Waals surface area contributed by atoms with Crippen LogP contribution in [0.2, 0.25) is 0 Å². The van der Waals surface area contributed by atoms with Gasteiger partial charge in [-0.3, -0.25) is 0 Å². The second-order valence-corrected chi connectivity index (χ2v) is 6.23. The lowest BCUT2D eigenvalue weighted by atomic mass is 9.90. The van der Waals surface area contributed by atoms with Gasteiger partial charge in [0.05, 0.1) is 0 Å².